The van der Waals surface area contributed by atoms with Crippen LogP contribution in [0.25, 0.3) is 11.3 Å². The van der Waals surface area contributed by atoms with Crippen LogP contribution in [0, 0.1) is 6.92 Å². The van der Waals surface area contributed by atoms with Gasteiger partial charge < -0.3 is 9.72 Å². The smallest absolute Gasteiger partial charge is 0.305 e. The molecule has 0 atom stereocenters. The van der Waals surface area contributed by atoms with E-state index in [4.69, 9.17) is 4.74 Å². The van der Waals surface area contributed by atoms with Crippen molar-refractivity contribution in [2.45, 2.75) is 26.9 Å². The average molecular weight is 249 g/mol. The molecule has 1 heterocycles. The topological polar surface area (TPSA) is 42.1 Å². The quantitative estimate of drug-likeness (QED) is 0.907. The van der Waals surface area contributed by atoms with Crippen molar-refractivity contribution in [2.75, 3.05) is 0 Å². The van der Waals surface area contributed by atoms with E-state index in [0.29, 0.717) is 0 Å². The number of thiazole rings is 1. The highest BCUT2D eigenvalue weighted by molar-refractivity contribution is 7.09. The normalized spacial score (nSPS) is 10.8. The second kappa shape index (κ2) is 4.75. The van der Waals surface area contributed by atoms with E-state index in [2.05, 4.69) is 4.98 Å². The summed E-state index contributed by atoms with van der Waals surface area (Å²) in [6.45, 7) is 5.93. The average Bonchev–Trinajstić information content (AvgIpc) is 2.58. The van der Waals surface area contributed by atoms with E-state index in [1.807, 2.05) is 45.0 Å². The minimum Gasteiger partial charge on any atom is -0.491 e. The summed E-state index contributed by atoms with van der Waals surface area (Å²) < 4.78 is 5.57. The molecule has 3 nitrogen and oxygen atoms in total. The molecule has 0 amide bonds. The minimum atomic E-state index is -0.0139. The van der Waals surface area contributed by atoms with E-state index in [9.17, 15) is 4.79 Å². The number of aryl methyl sites for hydroxylation is 1. The second-order valence-corrected chi connectivity index (χ2v) is 5.32. The maximum atomic E-state index is 11.2. The van der Waals surface area contributed by atoms with Gasteiger partial charge in [-0.2, -0.15) is 0 Å². The molecule has 1 aromatic heterocycles. The Hall–Kier alpha value is -1.55. The lowest BCUT2D eigenvalue weighted by Gasteiger charge is -2.09. The first-order chi connectivity index (χ1) is 8.06. The molecule has 1 aromatic carbocycles. The monoisotopic (exact) mass is 249 g/mol. The van der Waals surface area contributed by atoms with Crippen molar-refractivity contribution in [3.63, 3.8) is 0 Å². The molecule has 90 valence electrons. The van der Waals surface area contributed by atoms with Crippen LogP contribution in [0.3, 0.4) is 0 Å². The van der Waals surface area contributed by atoms with E-state index in [1.54, 1.807) is 0 Å². The van der Waals surface area contributed by atoms with E-state index in [1.165, 1.54) is 11.3 Å². The SMILES string of the molecule is Cc1sc(=O)[nH]c1-c1ccc(OC(C)C)cc1. The summed E-state index contributed by atoms with van der Waals surface area (Å²) in [5.74, 6) is 0.846. The van der Waals surface area contributed by atoms with E-state index >= 15 is 0 Å². The molecular weight excluding hydrogens is 234 g/mol. The van der Waals surface area contributed by atoms with Crippen LogP contribution in [-0.4, -0.2) is 11.1 Å². The number of benzene rings is 1. The van der Waals surface area contributed by atoms with Crippen molar-refractivity contribution in [1.29, 1.82) is 0 Å². The van der Waals surface area contributed by atoms with Crippen LogP contribution < -0.4 is 9.61 Å². The van der Waals surface area contributed by atoms with Gasteiger partial charge in [-0.3, -0.25) is 4.79 Å². The summed E-state index contributed by atoms with van der Waals surface area (Å²) >= 11 is 1.24. The highest BCUT2D eigenvalue weighted by Gasteiger charge is 2.06. The van der Waals surface area contributed by atoms with Gasteiger partial charge in [-0.05, 0) is 50.6 Å². The van der Waals surface area contributed by atoms with Crippen molar-refractivity contribution < 1.29 is 4.74 Å². The lowest BCUT2D eigenvalue weighted by molar-refractivity contribution is 0.242. The van der Waals surface area contributed by atoms with Crippen molar-refractivity contribution in [1.82, 2.24) is 4.98 Å². The molecule has 0 saturated carbocycles. The standard InChI is InChI=1S/C13H15NO2S/c1-8(2)16-11-6-4-10(5-7-11)12-9(3)17-13(15)14-12/h4-8H,1-3H3,(H,14,15). The van der Waals surface area contributed by atoms with Crippen LogP contribution in [0.4, 0.5) is 0 Å². The molecule has 0 bridgehead atoms. The molecule has 0 radical (unpaired) electrons. The van der Waals surface area contributed by atoms with Crippen LogP contribution in [0.5, 0.6) is 5.75 Å². The van der Waals surface area contributed by atoms with E-state index in [0.717, 1.165) is 21.9 Å². The van der Waals surface area contributed by atoms with Crippen LogP contribution in [0.15, 0.2) is 29.1 Å². The van der Waals surface area contributed by atoms with Crippen molar-refractivity contribution in [3.05, 3.63) is 38.8 Å². The van der Waals surface area contributed by atoms with E-state index < -0.39 is 0 Å². The third-order valence-corrected chi connectivity index (χ3v) is 3.14. The van der Waals surface area contributed by atoms with Crippen LogP contribution in [0.1, 0.15) is 18.7 Å². The largest absolute Gasteiger partial charge is 0.491 e. The number of nitrogens with one attached hydrogen (secondary N) is 1. The predicted molar refractivity (Wildman–Crippen MR) is 70.9 cm³/mol. The summed E-state index contributed by atoms with van der Waals surface area (Å²) in [5, 5.41) is 0. The molecule has 0 aliphatic heterocycles. The van der Waals surface area contributed by atoms with Crippen molar-refractivity contribution in [3.8, 4) is 17.0 Å². The Labute approximate surface area is 104 Å². The number of H-pyrrole nitrogens is 1. The zero-order valence-electron chi connectivity index (χ0n) is 10.1. The Kier molecular flexibility index (Phi) is 3.33. The fourth-order valence-corrected chi connectivity index (χ4v) is 2.36. The number of aromatic nitrogens is 1. The van der Waals surface area contributed by atoms with Crippen LogP contribution in [0.2, 0.25) is 0 Å². The Bertz CT molecular complexity index is 552. The Morgan fingerprint density at radius 3 is 2.35 bits per heavy atom. The zero-order chi connectivity index (χ0) is 12.4. The minimum absolute atomic E-state index is 0.0139. The van der Waals surface area contributed by atoms with Gasteiger partial charge in [0, 0.05) is 4.88 Å². The molecule has 0 saturated heterocycles. The number of hydrogen-bond donors (Lipinski definition) is 1. The predicted octanol–water partition coefficient (Wildman–Crippen LogP) is 3.20. The van der Waals surface area contributed by atoms with E-state index in [-0.39, 0.29) is 11.0 Å². The van der Waals surface area contributed by atoms with Gasteiger partial charge in [0.1, 0.15) is 5.75 Å². The summed E-state index contributed by atoms with van der Waals surface area (Å²) in [7, 11) is 0. The van der Waals surface area contributed by atoms with Crippen molar-refractivity contribution in [2.24, 2.45) is 0 Å². The zero-order valence-corrected chi connectivity index (χ0v) is 10.9. The maximum absolute atomic E-state index is 11.2. The van der Waals surface area contributed by atoms with Crippen LogP contribution >= 0.6 is 11.3 Å². The molecule has 1 N–H and O–H groups in total. The third-order valence-electron chi connectivity index (χ3n) is 2.34. The lowest BCUT2D eigenvalue weighted by Crippen LogP contribution is -2.05. The highest BCUT2D eigenvalue weighted by atomic mass is 32.1. The highest BCUT2D eigenvalue weighted by Crippen LogP contribution is 2.24. The summed E-state index contributed by atoms with van der Waals surface area (Å²) in [6, 6.07) is 7.76. The summed E-state index contributed by atoms with van der Waals surface area (Å²) in [6.07, 6.45) is 0.170. The first-order valence-electron chi connectivity index (χ1n) is 5.53. The molecule has 4 heteroatoms. The van der Waals surface area contributed by atoms with Gasteiger partial charge in [0.25, 0.3) is 0 Å². The maximum Gasteiger partial charge on any atom is 0.305 e. The van der Waals surface area contributed by atoms with Crippen molar-refractivity contribution >= 4 is 11.3 Å². The van der Waals surface area contributed by atoms with Gasteiger partial charge in [-0.25, -0.2) is 0 Å². The Morgan fingerprint density at radius 2 is 1.88 bits per heavy atom. The lowest BCUT2D eigenvalue weighted by atomic mass is 10.1. The number of aromatic amines is 1. The third kappa shape index (κ3) is 2.77. The molecule has 0 spiro atoms. The molecule has 0 aliphatic carbocycles. The molecule has 0 unspecified atom stereocenters. The molecule has 0 aliphatic rings. The Balaban J connectivity index is 2.29. The fourth-order valence-electron chi connectivity index (χ4n) is 1.65. The first kappa shape index (κ1) is 11.9. The number of ether oxygens (including phenoxy) is 1. The second-order valence-electron chi connectivity index (χ2n) is 4.14. The first-order valence-corrected chi connectivity index (χ1v) is 6.34. The molecule has 2 aromatic rings. The van der Waals surface area contributed by atoms with Gasteiger partial charge in [0.05, 0.1) is 11.8 Å². The van der Waals surface area contributed by atoms with Gasteiger partial charge >= 0.3 is 4.87 Å². The molecule has 17 heavy (non-hydrogen) atoms. The van der Waals surface area contributed by atoms with Gasteiger partial charge in [0.15, 0.2) is 0 Å². The molecule has 0 fully saturated rings. The molecule has 2 rings (SSSR count). The van der Waals surface area contributed by atoms with Gasteiger partial charge in [0.2, 0.25) is 0 Å². The van der Waals surface area contributed by atoms with Gasteiger partial charge in [-0.1, -0.05) is 11.3 Å². The fraction of sp³-hybridized carbons (Fsp3) is 0.308. The summed E-state index contributed by atoms with van der Waals surface area (Å²) in [4.78, 5) is 15.1. The Morgan fingerprint density at radius 1 is 1.24 bits per heavy atom. The van der Waals surface area contributed by atoms with Crippen LogP contribution in [-0.2, 0) is 0 Å². The van der Waals surface area contributed by atoms with Gasteiger partial charge in [-0.15, -0.1) is 0 Å². The number of hydrogen-bond acceptors (Lipinski definition) is 3. The molecular formula is C13H15NO2S. The summed E-state index contributed by atoms with van der Waals surface area (Å²) in [5.41, 5.74) is 1.91. The number of rotatable bonds is 3.